The topological polar surface area (TPSA) is 27.7 Å². The van der Waals surface area contributed by atoms with Crippen LogP contribution in [-0.2, 0) is 0 Å². The van der Waals surface area contributed by atoms with Crippen molar-refractivity contribution in [3.05, 3.63) is 71.3 Å². The minimum absolute atomic E-state index is 0.0980. The van der Waals surface area contributed by atoms with Gasteiger partial charge in [0.1, 0.15) is 34.1 Å². The summed E-state index contributed by atoms with van der Waals surface area (Å²) in [7, 11) is 0. The maximum Gasteiger partial charge on any atom is 0.127 e. The Labute approximate surface area is 171 Å². The van der Waals surface area contributed by atoms with Crippen molar-refractivity contribution in [2.45, 2.75) is 32.8 Å². The van der Waals surface area contributed by atoms with Gasteiger partial charge in [-0.25, -0.2) is 0 Å². The van der Waals surface area contributed by atoms with E-state index in [1.54, 1.807) is 6.08 Å². The summed E-state index contributed by atoms with van der Waals surface area (Å²) in [5.74, 6) is 3.10. The minimum Gasteiger partial charge on any atom is -0.491 e. The molecule has 5 heteroatoms. The zero-order valence-corrected chi connectivity index (χ0v) is 17.3. The molecular weight excluding hydrogens is 383 g/mol. The van der Waals surface area contributed by atoms with Gasteiger partial charge in [-0.2, -0.15) is 0 Å². The van der Waals surface area contributed by atoms with Gasteiger partial charge in [-0.3, -0.25) is 0 Å². The van der Waals surface area contributed by atoms with Crippen LogP contribution in [0.2, 0.25) is 0 Å². The average molecular weight is 407 g/mol. The molecule has 0 spiro atoms. The van der Waals surface area contributed by atoms with Gasteiger partial charge in [0.25, 0.3) is 0 Å². The van der Waals surface area contributed by atoms with Crippen molar-refractivity contribution in [2.24, 2.45) is 0 Å². The van der Waals surface area contributed by atoms with Crippen LogP contribution in [0.5, 0.6) is 23.0 Å². The summed E-state index contributed by atoms with van der Waals surface area (Å²) in [4.78, 5) is 0. The summed E-state index contributed by atoms with van der Waals surface area (Å²) in [5.41, 5.74) is 0.973. The molecule has 0 fully saturated rings. The van der Waals surface area contributed by atoms with Crippen LogP contribution in [0.25, 0.3) is 0 Å². The quantitative estimate of drug-likeness (QED) is 0.410. The SMILES string of the molecule is C=CC(C)c1cc(Oc2ccc(OC(C)C)cc2)ccc1OCC=C(Cl)Cl. The van der Waals surface area contributed by atoms with Crippen LogP contribution < -0.4 is 14.2 Å². The fourth-order valence-corrected chi connectivity index (χ4v) is 2.52. The third kappa shape index (κ3) is 6.85. The monoisotopic (exact) mass is 406 g/mol. The van der Waals surface area contributed by atoms with Gasteiger partial charge in [0.2, 0.25) is 0 Å². The highest BCUT2D eigenvalue weighted by Gasteiger charge is 2.11. The third-order valence-corrected chi connectivity index (χ3v) is 4.04. The fraction of sp³-hybridized carbons (Fsp3) is 0.273. The van der Waals surface area contributed by atoms with E-state index in [9.17, 15) is 0 Å². The van der Waals surface area contributed by atoms with Crippen molar-refractivity contribution >= 4 is 23.2 Å². The number of benzene rings is 2. The van der Waals surface area contributed by atoms with Crippen LogP contribution in [0.3, 0.4) is 0 Å². The molecule has 3 nitrogen and oxygen atoms in total. The van der Waals surface area contributed by atoms with Gasteiger partial charge in [0, 0.05) is 11.5 Å². The van der Waals surface area contributed by atoms with E-state index in [1.807, 2.05) is 69.3 Å². The minimum atomic E-state index is 0.0980. The Morgan fingerprint density at radius 3 is 2.22 bits per heavy atom. The van der Waals surface area contributed by atoms with Crippen LogP contribution in [0.4, 0.5) is 0 Å². The molecule has 0 heterocycles. The molecule has 0 radical (unpaired) electrons. The Bertz CT molecular complexity index is 779. The number of ether oxygens (including phenoxy) is 3. The van der Waals surface area contributed by atoms with E-state index in [4.69, 9.17) is 37.4 Å². The molecule has 0 aromatic heterocycles. The lowest BCUT2D eigenvalue weighted by Gasteiger charge is -2.16. The first-order valence-electron chi connectivity index (χ1n) is 8.74. The van der Waals surface area contributed by atoms with Gasteiger partial charge in [-0.1, -0.05) is 36.2 Å². The van der Waals surface area contributed by atoms with Crippen molar-refractivity contribution in [2.75, 3.05) is 6.61 Å². The lowest BCUT2D eigenvalue weighted by molar-refractivity contribution is 0.242. The Kier molecular flexibility index (Phi) is 8.08. The highest BCUT2D eigenvalue weighted by atomic mass is 35.5. The molecule has 1 unspecified atom stereocenters. The van der Waals surface area contributed by atoms with Crippen molar-refractivity contribution in [1.82, 2.24) is 0 Å². The van der Waals surface area contributed by atoms with Crippen LogP contribution in [0.15, 0.2) is 65.7 Å². The fourth-order valence-electron chi connectivity index (χ4n) is 2.39. The highest BCUT2D eigenvalue weighted by molar-refractivity contribution is 6.55. The maximum absolute atomic E-state index is 5.97. The molecule has 2 rings (SSSR count). The van der Waals surface area contributed by atoms with E-state index in [0.29, 0.717) is 0 Å². The molecule has 0 saturated carbocycles. The predicted molar refractivity (Wildman–Crippen MR) is 113 cm³/mol. The Balaban J connectivity index is 2.17. The van der Waals surface area contributed by atoms with Crippen LogP contribution in [-0.4, -0.2) is 12.7 Å². The van der Waals surface area contributed by atoms with Crippen LogP contribution >= 0.6 is 23.2 Å². The average Bonchev–Trinajstić information content (AvgIpc) is 2.63. The van der Waals surface area contributed by atoms with E-state index in [0.717, 1.165) is 28.6 Å². The van der Waals surface area contributed by atoms with Gasteiger partial charge in [-0.05, 0) is 62.4 Å². The van der Waals surface area contributed by atoms with Crippen molar-refractivity contribution in [3.63, 3.8) is 0 Å². The summed E-state index contributed by atoms with van der Waals surface area (Å²) >= 11 is 11.3. The molecule has 27 heavy (non-hydrogen) atoms. The second-order valence-corrected chi connectivity index (χ2v) is 7.28. The van der Waals surface area contributed by atoms with E-state index in [1.165, 1.54) is 0 Å². The molecule has 0 N–H and O–H groups in total. The summed E-state index contributed by atoms with van der Waals surface area (Å²) < 4.78 is 17.6. The summed E-state index contributed by atoms with van der Waals surface area (Å²) in [6, 6.07) is 13.2. The lowest BCUT2D eigenvalue weighted by atomic mass is 10.00. The van der Waals surface area contributed by atoms with Gasteiger partial charge in [0.15, 0.2) is 0 Å². The number of allylic oxidation sites excluding steroid dienone is 1. The maximum atomic E-state index is 5.97. The molecule has 144 valence electrons. The number of rotatable bonds is 9. The molecule has 0 amide bonds. The van der Waals surface area contributed by atoms with Gasteiger partial charge in [-0.15, -0.1) is 6.58 Å². The molecule has 0 saturated heterocycles. The van der Waals surface area contributed by atoms with E-state index in [-0.39, 0.29) is 23.1 Å². The van der Waals surface area contributed by atoms with E-state index >= 15 is 0 Å². The second kappa shape index (κ2) is 10.3. The third-order valence-electron chi connectivity index (χ3n) is 3.73. The Hall–Kier alpha value is -2.10. The van der Waals surface area contributed by atoms with Crippen molar-refractivity contribution in [1.29, 1.82) is 0 Å². The first-order chi connectivity index (χ1) is 12.9. The Morgan fingerprint density at radius 1 is 1.00 bits per heavy atom. The Morgan fingerprint density at radius 2 is 1.63 bits per heavy atom. The number of halogens is 2. The van der Waals surface area contributed by atoms with Crippen LogP contribution in [0.1, 0.15) is 32.3 Å². The first kappa shape index (κ1) is 21.2. The van der Waals surface area contributed by atoms with Gasteiger partial charge in [0.05, 0.1) is 6.10 Å². The zero-order valence-electron chi connectivity index (χ0n) is 15.7. The summed E-state index contributed by atoms with van der Waals surface area (Å²) in [6.45, 7) is 10.2. The smallest absolute Gasteiger partial charge is 0.127 e. The molecule has 2 aromatic rings. The number of hydrogen-bond donors (Lipinski definition) is 0. The van der Waals surface area contributed by atoms with Gasteiger partial charge < -0.3 is 14.2 Å². The summed E-state index contributed by atoms with van der Waals surface area (Å²) in [5, 5.41) is 0. The van der Waals surface area contributed by atoms with E-state index in [2.05, 4.69) is 6.58 Å². The van der Waals surface area contributed by atoms with Crippen molar-refractivity contribution in [3.8, 4) is 23.0 Å². The molecule has 0 aliphatic rings. The zero-order chi connectivity index (χ0) is 19.8. The van der Waals surface area contributed by atoms with E-state index < -0.39 is 0 Å². The van der Waals surface area contributed by atoms with Gasteiger partial charge >= 0.3 is 0 Å². The van der Waals surface area contributed by atoms with Crippen LogP contribution in [0, 0.1) is 0 Å². The standard InChI is InChI=1S/C22H24Cl2O3/c1-5-16(4)20-14-19(10-11-21(20)25-13-12-22(23)24)27-18-8-6-17(7-9-18)26-15(2)3/h5-12,14-16H,1,13H2,2-4H3. The molecule has 0 aliphatic carbocycles. The summed E-state index contributed by atoms with van der Waals surface area (Å²) in [6.07, 6.45) is 3.58. The number of hydrogen-bond acceptors (Lipinski definition) is 3. The van der Waals surface area contributed by atoms with Crippen molar-refractivity contribution < 1.29 is 14.2 Å². The largest absolute Gasteiger partial charge is 0.491 e. The molecular formula is C22H24Cl2O3. The highest BCUT2D eigenvalue weighted by Crippen LogP contribution is 2.33. The lowest BCUT2D eigenvalue weighted by Crippen LogP contribution is -2.05. The predicted octanol–water partition coefficient (Wildman–Crippen LogP) is 7.25. The molecule has 2 aromatic carbocycles. The first-order valence-corrected chi connectivity index (χ1v) is 9.49. The molecule has 0 bridgehead atoms. The normalized spacial score (nSPS) is 11.6. The second-order valence-electron chi connectivity index (χ2n) is 6.27. The molecule has 1 atom stereocenters. The molecule has 0 aliphatic heterocycles.